The lowest BCUT2D eigenvalue weighted by molar-refractivity contribution is 0.109. The number of anilines is 1. The summed E-state index contributed by atoms with van der Waals surface area (Å²) < 4.78 is 18.7. The number of aliphatic hydroxyl groups excluding tert-OH is 1. The quantitative estimate of drug-likeness (QED) is 0.874. The van der Waals surface area contributed by atoms with E-state index in [2.05, 4.69) is 15.9 Å². The molecule has 1 aliphatic rings. The second-order valence-corrected chi connectivity index (χ2v) is 6.26. The van der Waals surface area contributed by atoms with Gasteiger partial charge in [-0.1, -0.05) is 24.3 Å². The molecule has 3 rings (SSSR count). The molecule has 0 aromatic heterocycles. The number of β-amino-alcohol motifs (C(OH)–C–C–N with tert-alkyl or cyclic N) is 1. The summed E-state index contributed by atoms with van der Waals surface area (Å²) >= 11 is 0. The molecule has 2 aromatic rings. The van der Waals surface area contributed by atoms with Gasteiger partial charge < -0.3 is 14.7 Å². The molecule has 134 valence electrons. The molecule has 1 saturated heterocycles. The SMILES string of the molecule is CCOc1ccccc1N1CCN(CC(O)c2ccc(F)cc2)CC1. The van der Waals surface area contributed by atoms with Crippen molar-refractivity contribution in [3.63, 3.8) is 0 Å². The highest BCUT2D eigenvalue weighted by atomic mass is 19.1. The molecule has 0 bridgehead atoms. The van der Waals surface area contributed by atoms with Crippen molar-refractivity contribution < 1.29 is 14.2 Å². The van der Waals surface area contributed by atoms with Crippen LogP contribution < -0.4 is 9.64 Å². The van der Waals surface area contributed by atoms with Crippen LogP contribution >= 0.6 is 0 Å². The molecule has 25 heavy (non-hydrogen) atoms. The van der Waals surface area contributed by atoms with Gasteiger partial charge in [0.05, 0.1) is 18.4 Å². The maximum Gasteiger partial charge on any atom is 0.142 e. The van der Waals surface area contributed by atoms with Crippen molar-refractivity contribution in [2.24, 2.45) is 0 Å². The molecule has 1 atom stereocenters. The Morgan fingerprint density at radius 1 is 1.04 bits per heavy atom. The molecule has 1 fully saturated rings. The Morgan fingerprint density at radius 2 is 1.72 bits per heavy atom. The number of ether oxygens (including phenoxy) is 1. The predicted octanol–water partition coefficient (Wildman–Crippen LogP) is 3.08. The fourth-order valence-corrected chi connectivity index (χ4v) is 3.20. The van der Waals surface area contributed by atoms with E-state index < -0.39 is 6.10 Å². The molecule has 0 spiro atoms. The second kappa shape index (κ2) is 8.32. The number of para-hydroxylation sites is 2. The largest absolute Gasteiger partial charge is 0.492 e. The van der Waals surface area contributed by atoms with Crippen molar-refractivity contribution in [2.75, 3.05) is 44.2 Å². The Bertz CT molecular complexity index is 670. The van der Waals surface area contributed by atoms with Gasteiger partial charge in [0.25, 0.3) is 0 Å². The monoisotopic (exact) mass is 344 g/mol. The molecule has 0 aliphatic carbocycles. The summed E-state index contributed by atoms with van der Waals surface area (Å²) in [5.74, 6) is 0.641. The standard InChI is InChI=1S/C20H25FN2O2/c1-2-25-20-6-4-3-5-18(20)23-13-11-22(12-14-23)15-19(24)16-7-9-17(21)10-8-16/h3-10,19,24H,2,11-15H2,1H3. The zero-order chi connectivity index (χ0) is 17.6. The molecular formula is C20H25FN2O2. The first kappa shape index (κ1) is 17.7. The molecule has 4 nitrogen and oxygen atoms in total. The number of benzene rings is 2. The number of piperazine rings is 1. The summed E-state index contributed by atoms with van der Waals surface area (Å²) in [6, 6.07) is 14.2. The Labute approximate surface area is 148 Å². The smallest absolute Gasteiger partial charge is 0.142 e. The average molecular weight is 344 g/mol. The van der Waals surface area contributed by atoms with Gasteiger partial charge >= 0.3 is 0 Å². The predicted molar refractivity (Wildman–Crippen MR) is 97.6 cm³/mol. The van der Waals surface area contributed by atoms with Crippen LogP contribution in [-0.2, 0) is 0 Å². The van der Waals surface area contributed by atoms with Crippen LogP contribution in [0.3, 0.4) is 0 Å². The first-order valence-electron chi connectivity index (χ1n) is 8.80. The van der Waals surface area contributed by atoms with Crippen molar-refractivity contribution in [3.05, 3.63) is 59.9 Å². The Balaban J connectivity index is 1.56. The Hall–Kier alpha value is -2.11. The van der Waals surface area contributed by atoms with Gasteiger partial charge in [-0.2, -0.15) is 0 Å². The van der Waals surface area contributed by atoms with E-state index in [0.29, 0.717) is 13.2 Å². The molecule has 1 N–H and O–H groups in total. The molecule has 5 heteroatoms. The number of rotatable bonds is 6. The van der Waals surface area contributed by atoms with Gasteiger partial charge in [0.2, 0.25) is 0 Å². The van der Waals surface area contributed by atoms with E-state index >= 15 is 0 Å². The van der Waals surface area contributed by atoms with Crippen molar-refractivity contribution in [1.29, 1.82) is 0 Å². The summed E-state index contributed by atoms with van der Waals surface area (Å²) in [4.78, 5) is 4.57. The number of halogens is 1. The maximum atomic E-state index is 13.0. The highest BCUT2D eigenvalue weighted by Crippen LogP contribution is 2.29. The molecule has 1 heterocycles. The lowest BCUT2D eigenvalue weighted by Crippen LogP contribution is -2.47. The lowest BCUT2D eigenvalue weighted by Gasteiger charge is -2.37. The Morgan fingerprint density at radius 3 is 2.40 bits per heavy atom. The van der Waals surface area contributed by atoms with Crippen LogP contribution in [0.5, 0.6) is 5.75 Å². The highest BCUT2D eigenvalue weighted by molar-refractivity contribution is 5.58. The van der Waals surface area contributed by atoms with Crippen LogP contribution in [0.1, 0.15) is 18.6 Å². The normalized spacial score (nSPS) is 16.7. The first-order valence-corrected chi connectivity index (χ1v) is 8.80. The first-order chi connectivity index (χ1) is 12.2. The number of aliphatic hydroxyl groups is 1. The van der Waals surface area contributed by atoms with E-state index in [1.54, 1.807) is 12.1 Å². The van der Waals surface area contributed by atoms with Crippen LogP contribution in [-0.4, -0.2) is 49.3 Å². The minimum Gasteiger partial charge on any atom is -0.492 e. The molecule has 1 unspecified atom stereocenters. The van der Waals surface area contributed by atoms with Crippen molar-refractivity contribution in [2.45, 2.75) is 13.0 Å². The molecule has 0 amide bonds. The number of hydrogen-bond acceptors (Lipinski definition) is 4. The molecule has 0 radical (unpaired) electrons. The third kappa shape index (κ3) is 4.50. The van der Waals surface area contributed by atoms with Crippen LogP contribution in [0.4, 0.5) is 10.1 Å². The van der Waals surface area contributed by atoms with E-state index in [1.165, 1.54) is 12.1 Å². The number of hydrogen-bond donors (Lipinski definition) is 1. The van der Waals surface area contributed by atoms with Crippen LogP contribution in [0.2, 0.25) is 0 Å². The molecule has 0 saturated carbocycles. The molecular weight excluding hydrogens is 319 g/mol. The van der Waals surface area contributed by atoms with Gasteiger partial charge in [-0.05, 0) is 36.8 Å². The van der Waals surface area contributed by atoms with Gasteiger partial charge in [-0.3, -0.25) is 4.90 Å². The lowest BCUT2D eigenvalue weighted by atomic mass is 10.1. The van der Waals surface area contributed by atoms with Crippen molar-refractivity contribution in [1.82, 2.24) is 4.90 Å². The van der Waals surface area contributed by atoms with Gasteiger partial charge in [0.15, 0.2) is 0 Å². The van der Waals surface area contributed by atoms with Gasteiger partial charge in [0.1, 0.15) is 11.6 Å². The molecule has 2 aromatic carbocycles. The van der Waals surface area contributed by atoms with Gasteiger partial charge in [-0.15, -0.1) is 0 Å². The number of nitrogens with zero attached hydrogens (tertiary/aromatic N) is 2. The highest BCUT2D eigenvalue weighted by Gasteiger charge is 2.21. The van der Waals surface area contributed by atoms with Crippen molar-refractivity contribution in [3.8, 4) is 5.75 Å². The van der Waals surface area contributed by atoms with Gasteiger partial charge in [0, 0.05) is 32.7 Å². The summed E-state index contributed by atoms with van der Waals surface area (Å²) in [6.07, 6.45) is -0.595. The van der Waals surface area contributed by atoms with E-state index in [4.69, 9.17) is 4.74 Å². The molecule has 1 aliphatic heterocycles. The van der Waals surface area contributed by atoms with Crippen LogP contribution in [0, 0.1) is 5.82 Å². The summed E-state index contributed by atoms with van der Waals surface area (Å²) in [5.41, 5.74) is 1.88. The zero-order valence-electron chi connectivity index (χ0n) is 14.6. The van der Waals surface area contributed by atoms with E-state index in [-0.39, 0.29) is 5.82 Å². The fourth-order valence-electron chi connectivity index (χ4n) is 3.20. The Kier molecular flexibility index (Phi) is 5.89. The van der Waals surface area contributed by atoms with Gasteiger partial charge in [-0.25, -0.2) is 4.39 Å². The summed E-state index contributed by atoms with van der Waals surface area (Å²) in [7, 11) is 0. The average Bonchev–Trinajstić information content (AvgIpc) is 2.64. The van der Waals surface area contributed by atoms with E-state index in [0.717, 1.165) is 43.2 Å². The van der Waals surface area contributed by atoms with E-state index in [1.807, 2.05) is 25.1 Å². The third-order valence-electron chi connectivity index (χ3n) is 4.56. The van der Waals surface area contributed by atoms with Crippen LogP contribution in [0.15, 0.2) is 48.5 Å². The van der Waals surface area contributed by atoms with E-state index in [9.17, 15) is 9.50 Å². The van der Waals surface area contributed by atoms with Crippen LogP contribution in [0.25, 0.3) is 0 Å². The fraction of sp³-hybridized carbons (Fsp3) is 0.400. The minimum absolute atomic E-state index is 0.280. The second-order valence-electron chi connectivity index (χ2n) is 6.26. The third-order valence-corrected chi connectivity index (χ3v) is 4.56. The summed E-state index contributed by atoms with van der Waals surface area (Å²) in [6.45, 7) is 6.73. The minimum atomic E-state index is -0.595. The zero-order valence-corrected chi connectivity index (χ0v) is 14.6. The maximum absolute atomic E-state index is 13.0. The van der Waals surface area contributed by atoms with Crippen molar-refractivity contribution >= 4 is 5.69 Å². The topological polar surface area (TPSA) is 35.9 Å². The summed E-state index contributed by atoms with van der Waals surface area (Å²) in [5, 5.41) is 10.4.